The number of halogens is 2. The third kappa shape index (κ3) is 4.11. The summed E-state index contributed by atoms with van der Waals surface area (Å²) in [4.78, 5) is 0. The normalized spacial score (nSPS) is 11.9. The Kier molecular flexibility index (Phi) is 5.45. The van der Waals surface area contributed by atoms with E-state index in [1.165, 1.54) is 12.1 Å². The van der Waals surface area contributed by atoms with Gasteiger partial charge in [0.05, 0.1) is 18.2 Å². The second-order valence-electron chi connectivity index (χ2n) is 4.60. The van der Waals surface area contributed by atoms with E-state index in [0.29, 0.717) is 6.54 Å². The lowest BCUT2D eigenvalue weighted by atomic mass is 10.1. The molecule has 0 spiro atoms. The summed E-state index contributed by atoms with van der Waals surface area (Å²) in [6, 6.07) is 13.7. The van der Waals surface area contributed by atoms with E-state index < -0.39 is 5.82 Å². The number of aliphatic hydroxyl groups excluding tert-OH is 1. The summed E-state index contributed by atoms with van der Waals surface area (Å²) in [7, 11) is 0. The lowest BCUT2D eigenvalue weighted by Gasteiger charge is -2.17. The van der Waals surface area contributed by atoms with Crippen molar-refractivity contribution < 1.29 is 9.50 Å². The van der Waals surface area contributed by atoms with Crippen molar-refractivity contribution >= 4 is 15.9 Å². The van der Waals surface area contributed by atoms with Crippen molar-refractivity contribution in [2.24, 2.45) is 0 Å². The van der Waals surface area contributed by atoms with Gasteiger partial charge in [-0.2, -0.15) is 5.26 Å². The summed E-state index contributed by atoms with van der Waals surface area (Å²) < 4.78 is 14.2. The molecule has 2 rings (SSSR count). The van der Waals surface area contributed by atoms with Crippen molar-refractivity contribution in [3.63, 3.8) is 0 Å². The molecule has 0 aliphatic carbocycles. The first-order valence-corrected chi connectivity index (χ1v) is 7.21. The highest BCUT2D eigenvalue weighted by Crippen LogP contribution is 2.19. The molecule has 0 aliphatic rings. The number of rotatable bonds is 5. The Morgan fingerprint density at radius 1 is 1.29 bits per heavy atom. The van der Waals surface area contributed by atoms with Gasteiger partial charge in [-0.1, -0.05) is 34.1 Å². The molecule has 0 fully saturated rings. The first-order valence-electron chi connectivity index (χ1n) is 6.42. The molecular formula is C16H14BrFN2O. The average Bonchev–Trinajstić information content (AvgIpc) is 2.49. The predicted molar refractivity (Wildman–Crippen MR) is 81.9 cm³/mol. The maximum atomic E-state index is 13.3. The van der Waals surface area contributed by atoms with Crippen molar-refractivity contribution in [3.05, 3.63) is 69.4 Å². The lowest BCUT2D eigenvalue weighted by Crippen LogP contribution is -2.24. The molecule has 0 heterocycles. The van der Waals surface area contributed by atoms with Gasteiger partial charge in [0.1, 0.15) is 11.9 Å². The fraction of sp³-hybridized carbons (Fsp3) is 0.188. The summed E-state index contributed by atoms with van der Waals surface area (Å²) in [6.45, 7) is 0.384. The molecular weight excluding hydrogens is 335 g/mol. The van der Waals surface area contributed by atoms with Gasteiger partial charge in [-0.05, 0) is 35.4 Å². The highest BCUT2D eigenvalue weighted by Gasteiger charge is 2.10. The highest BCUT2D eigenvalue weighted by atomic mass is 79.9. The van der Waals surface area contributed by atoms with Gasteiger partial charge in [-0.15, -0.1) is 0 Å². The number of hydrogen-bond acceptors (Lipinski definition) is 3. The molecule has 3 nitrogen and oxygen atoms in total. The van der Waals surface area contributed by atoms with Gasteiger partial charge in [-0.3, -0.25) is 0 Å². The lowest BCUT2D eigenvalue weighted by molar-refractivity contribution is 0.243. The zero-order valence-electron chi connectivity index (χ0n) is 11.2. The monoisotopic (exact) mass is 348 g/mol. The van der Waals surface area contributed by atoms with Crippen molar-refractivity contribution in [2.45, 2.75) is 12.6 Å². The van der Waals surface area contributed by atoms with E-state index in [-0.39, 0.29) is 18.2 Å². The van der Waals surface area contributed by atoms with Crippen LogP contribution in [0.15, 0.2) is 46.9 Å². The maximum Gasteiger partial charge on any atom is 0.140 e. The zero-order chi connectivity index (χ0) is 15.2. The number of benzene rings is 2. The van der Waals surface area contributed by atoms with Crippen LogP contribution in [-0.4, -0.2) is 11.7 Å². The summed E-state index contributed by atoms with van der Waals surface area (Å²) in [6.07, 6.45) is 0. The molecule has 2 aromatic rings. The predicted octanol–water partition coefficient (Wildman–Crippen LogP) is 3.28. The number of nitrogens with zero attached hydrogens (tertiary/aromatic N) is 1. The van der Waals surface area contributed by atoms with Crippen LogP contribution < -0.4 is 5.32 Å². The van der Waals surface area contributed by atoms with E-state index in [2.05, 4.69) is 21.2 Å². The van der Waals surface area contributed by atoms with Gasteiger partial charge < -0.3 is 10.4 Å². The van der Waals surface area contributed by atoms with Crippen molar-refractivity contribution in [1.82, 2.24) is 5.32 Å². The molecule has 2 N–H and O–H groups in total. The SMILES string of the molecule is N#Cc1cc(CN[C@@H](CO)c2cccc(Br)c2)ccc1F. The zero-order valence-corrected chi connectivity index (χ0v) is 12.8. The number of aliphatic hydroxyl groups is 1. The summed E-state index contributed by atoms with van der Waals surface area (Å²) in [5.74, 6) is -0.521. The van der Waals surface area contributed by atoms with Gasteiger partial charge in [0.2, 0.25) is 0 Å². The Morgan fingerprint density at radius 2 is 2.10 bits per heavy atom. The van der Waals surface area contributed by atoms with Crippen LogP contribution in [0.1, 0.15) is 22.7 Å². The van der Waals surface area contributed by atoms with Gasteiger partial charge in [0.25, 0.3) is 0 Å². The molecule has 21 heavy (non-hydrogen) atoms. The summed E-state index contributed by atoms with van der Waals surface area (Å²) in [5, 5.41) is 21.5. The molecule has 0 unspecified atom stereocenters. The van der Waals surface area contributed by atoms with Crippen LogP contribution in [0.3, 0.4) is 0 Å². The van der Waals surface area contributed by atoms with Gasteiger partial charge in [0, 0.05) is 11.0 Å². The Balaban J connectivity index is 2.09. The van der Waals surface area contributed by atoms with Crippen LogP contribution in [0.25, 0.3) is 0 Å². The second kappa shape index (κ2) is 7.32. The Labute approximate surface area is 131 Å². The molecule has 108 valence electrons. The maximum absolute atomic E-state index is 13.3. The van der Waals surface area contributed by atoms with E-state index in [1.54, 1.807) is 6.07 Å². The molecule has 0 aromatic heterocycles. The number of nitrogens with one attached hydrogen (secondary N) is 1. The first kappa shape index (κ1) is 15.6. The first-order chi connectivity index (χ1) is 10.1. The molecule has 0 saturated carbocycles. The van der Waals surface area contributed by atoms with E-state index in [1.807, 2.05) is 30.3 Å². The molecule has 0 bridgehead atoms. The van der Waals surface area contributed by atoms with Crippen LogP contribution in [0, 0.1) is 17.1 Å². The molecule has 1 atom stereocenters. The number of hydrogen-bond donors (Lipinski definition) is 2. The fourth-order valence-corrected chi connectivity index (χ4v) is 2.44. The quantitative estimate of drug-likeness (QED) is 0.871. The van der Waals surface area contributed by atoms with Crippen LogP contribution in [0.5, 0.6) is 0 Å². The van der Waals surface area contributed by atoms with Gasteiger partial charge >= 0.3 is 0 Å². The standard InChI is InChI=1S/C16H14BrFN2O/c17-14-3-1-2-12(7-14)16(10-21)20-9-11-4-5-15(18)13(6-11)8-19/h1-7,16,20-21H,9-10H2/t16-/m0/s1. The van der Waals surface area contributed by atoms with E-state index in [9.17, 15) is 9.50 Å². The minimum Gasteiger partial charge on any atom is -0.394 e. The minimum absolute atomic E-state index is 0.0253. The molecule has 0 saturated heterocycles. The fourth-order valence-electron chi connectivity index (χ4n) is 2.02. The van der Waals surface area contributed by atoms with Crippen LogP contribution >= 0.6 is 15.9 Å². The minimum atomic E-state index is -0.521. The van der Waals surface area contributed by atoms with Crippen molar-refractivity contribution in [1.29, 1.82) is 5.26 Å². The molecule has 0 radical (unpaired) electrons. The van der Waals surface area contributed by atoms with Crippen LogP contribution in [0.2, 0.25) is 0 Å². The summed E-state index contributed by atoms with van der Waals surface area (Å²) in [5.41, 5.74) is 1.77. The van der Waals surface area contributed by atoms with E-state index in [0.717, 1.165) is 15.6 Å². The van der Waals surface area contributed by atoms with E-state index in [4.69, 9.17) is 5.26 Å². The highest BCUT2D eigenvalue weighted by molar-refractivity contribution is 9.10. The molecule has 5 heteroatoms. The van der Waals surface area contributed by atoms with E-state index >= 15 is 0 Å². The second-order valence-corrected chi connectivity index (χ2v) is 5.51. The topological polar surface area (TPSA) is 56.0 Å². The molecule has 0 amide bonds. The van der Waals surface area contributed by atoms with Crippen molar-refractivity contribution in [3.8, 4) is 6.07 Å². The van der Waals surface area contributed by atoms with Crippen molar-refractivity contribution in [2.75, 3.05) is 6.61 Å². The average molecular weight is 349 g/mol. The third-order valence-electron chi connectivity index (χ3n) is 3.14. The van der Waals surface area contributed by atoms with Gasteiger partial charge in [0.15, 0.2) is 0 Å². The Hall–Kier alpha value is -1.74. The number of nitriles is 1. The Morgan fingerprint density at radius 3 is 2.76 bits per heavy atom. The summed E-state index contributed by atoms with van der Waals surface area (Å²) >= 11 is 3.40. The van der Waals surface area contributed by atoms with Crippen LogP contribution in [-0.2, 0) is 6.54 Å². The third-order valence-corrected chi connectivity index (χ3v) is 3.63. The van der Waals surface area contributed by atoms with Gasteiger partial charge in [-0.25, -0.2) is 4.39 Å². The smallest absolute Gasteiger partial charge is 0.140 e. The van der Waals surface area contributed by atoms with Crippen LogP contribution in [0.4, 0.5) is 4.39 Å². The molecule has 2 aromatic carbocycles. The Bertz CT molecular complexity index is 670. The largest absolute Gasteiger partial charge is 0.394 e. The molecule has 0 aliphatic heterocycles.